The fourth-order valence-corrected chi connectivity index (χ4v) is 2.49. The Bertz CT molecular complexity index is 891. The Morgan fingerprint density at radius 1 is 1.12 bits per heavy atom. The van der Waals surface area contributed by atoms with E-state index in [-0.39, 0.29) is 17.2 Å². The number of carbonyl (C=O) groups excluding carboxylic acids is 1. The lowest BCUT2D eigenvalue weighted by Gasteiger charge is -2.11. The fourth-order valence-electron chi connectivity index (χ4n) is 2.49. The molecule has 0 bridgehead atoms. The summed E-state index contributed by atoms with van der Waals surface area (Å²) in [7, 11) is 0. The Morgan fingerprint density at radius 3 is 2.64 bits per heavy atom. The molecule has 3 rings (SSSR count). The number of nitro groups is 1. The van der Waals surface area contributed by atoms with Gasteiger partial charge >= 0.3 is 0 Å². The summed E-state index contributed by atoms with van der Waals surface area (Å²) in [5, 5.41) is 17.8. The number of hydrogen-bond acceptors (Lipinski definition) is 4. The standard InChI is InChI=1S/C18H16N4O3/c23-18(14-7-3-8-17(11-14)22(24)25)19-12-15-5-1-2-6-16(15)13-21-10-4-9-20-21/h1-11H,12-13H2,(H,19,23). The van der Waals surface area contributed by atoms with Crippen molar-refractivity contribution in [3.63, 3.8) is 0 Å². The van der Waals surface area contributed by atoms with Gasteiger partial charge in [0.05, 0.1) is 11.5 Å². The minimum absolute atomic E-state index is 0.105. The molecule has 1 amide bonds. The number of non-ortho nitro benzene ring substituents is 1. The Hall–Kier alpha value is -3.48. The highest BCUT2D eigenvalue weighted by molar-refractivity contribution is 5.94. The summed E-state index contributed by atoms with van der Waals surface area (Å²) in [5.41, 5.74) is 2.17. The SMILES string of the molecule is O=C(NCc1ccccc1Cn1cccn1)c1cccc([N+](=O)[O-])c1. The van der Waals surface area contributed by atoms with Crippen LogP contribution in [0.3, 0.4) is 0 Å². The third kappa shape index (κ3) is 4.08. The Labute approximate surface area is 144 Å². The van der Waals surface area contributed by atoms with Crippen LogP contribution in [-0.4, -0.2) is 20.6 Å². The predicted octanol–water partition coefficient (Wildman–Crippen LogP) is 2.77. The van der Waals surface area contributed by atoms with E-state index in [1.807, 2.05) is 36.5 Å². The molecule has 3 aromatic rings. The molecule has 0 aliphatic heterocycles. The van der Waals surface area contributed by atoms with E-state index in [1.54, 1.807) is 16.9 Å². The Kier molecular flexibility index (Phi) is 4.84. The van der Waals surface area contributed by atoms with Crippen LogP contribution in [0.1, 0.15) is 21.5 Å². The minimum Gasteiger partial charge on any atom is -0.348 e. The highest BCUT2D eigenvalue weighted by atomic mass is 16.6. The number of amides is 1. The Morgan fingerprint density at radius 2 is 1.92 bits per heavy atom. The van der Waals surface area contributed by atoms with Crippen LogP contribution in [0.5, 0.6) is 0 Å². The Balaban J connectivity index is 1.70. The van der Waals surface area contributed by atoms with Crippen molar-refractivity contribution in [2.24, 2.45) is 0 Å². The van der Waals surface area contributed by atoms with E-state index in [1.165, 1.54) is 18.2 Å². The smallest absolute Gasteiger partial charge is 0.270 e. The van der Waals surface area contributed by atoms with Crippen LogP contribution in [0.15, 0.2) is 67.0 Å². The lowest BCUT2D eigenvalue weighted by Crippen LogP contribution is -2.23. The van der Waals surface area contributed by atoms with Gasteiger partial charge in [-0.25, -0.2) is 0 Å². The van der Waals surface area contributed by atoms with Crippen molar-refractivity contribution in [1.29, 1.82) is 0 Å². The van der Waals surface area contributed by atoms with E-state index < -0.39 is 4.92 Å². The largest absolute Gasteiger partial charge is 0.348 e. The first-order valence-electron chi connectivity index (χ1n) is 7.70. The summed E-state index contributed by atoms with van der Waals surface area (Å²) in [6.07, 6.45) is 3.59. The molecule has 1 aromatic heterocycles. The van der Waals surface area contributed by atoms with Crippen molar-refractivity contribution in [3.05, 3.63) is 93.8 Å². The van der Waals surface area contributed by atoms with Crippen LogP contribution in [0.25, 0.3) is 0 Å². The zero-order chi connectivity index (χ0) is 17.6. The second kappa shape index (κ2) is 7.39. The molecule has 0 atom stereocenters. The van der Waals surface area contributed by atoms with Gasteiger partial charge in [-0.2, -0.15) is 5.10 Å². The molecule has 2 aromatic carbocycles. The molecule has 0 unspecified atom stereocenters. The van der Waals surface area contributed by atoms with Crippen molar-refractivity contribution in [1.82, 2.24) is 15.1 Å². The number of nitro benzene ring substituents is 1. The van der Waals surface area contributed by atoms with E-state index in [0.29, 0.717) is 13.1 Å². The maximum atomic E-state index is 12.3. The van der Waals surface area contributed by atoms with Gasteiger partial charge in [0.1, 0.15) is 0 Å². The monoisotopic (exact) mass is 336 g/mol. The average molecular weight is 336 g/mol. The molecule has 1 heterocycles. The van der Waals surface area contributed by atoms with Crippen molar-refractivity contribution in [3.8, 4) is 0 Å². The van der Waals surface area contributed by atoms with E-state index in [9.17, 15) is 14.9 Å². The van der Waals surface area contributed by atoms with Gasteiger partial charge in [0.25, 0.3) is 11.6 Å². The van der Waals surface area contributed by atoms with Crippen LogP contribution in [0.4, 0.5) is 5.69 Å². The number of benzene rings is 2. The maximum absolute atomic E-state index is 12.3. The summed E-state index contributed by atoms with van der Waals surface area (Å²) >= 11 is 0. The van der Waals surface area contributed by atoms with Crippen LogP contribution < -0.4 is 5.32 Å². The lowest BCUT2D eigenvalue weighted by atomic mass is 10.1. The third-order valence-electron chi connectivity index (χ3n) is 3.77. The molecule has 126 valence electrons. The van der Waals surface area contributed by atoms with Gasteiger partial charge in [-0.1, -0.05) is 30.3 Å². The van der Waals surface area contributed by atoms with Gasteiger partial charge in [-0.15, -0.1) is 0 Å². The van der Waals surface area contributed by atoms with Crippen molar-refractivity contribution in [2.45, 2.75) is 13.1 Å². The van der Waals surface area contributed by atoms with Crippen LogP contribution >= 0.6 is 0 Å². The molecular formula is C18H16N4O3. The molecule has 0 spiro atoms. The van der Waals surface area contributed by atoms with Gasteiger partial charge < -0.3 is 5.32 Å². The second-order valence-electron chi connectivity index (χ2n) is 5.46. The number of hydrogen-bond donors (Lipinski definition) is 1. The zero-order valence-electron chi connectivity index (χ0n) is 13.3. The van der Waals surface area contributed by atoms with Crippen LogP contribution in [-0.2, 0) is 13.1 Å². The fraction of sp³-hybridized carbons (Fsp3) is 0.111. The number of nitrogens with one attached hydrogen (secondary N) is 1. The van der Waals surface area contributed by atoms with Crippen molar-refractivity contribution in [2.75, 3.05) is 0 Å². The summed E-state index contributed by atoms with van der Waals surface area (Å²) in [6.45, 7) is 0.939. The van der Waals surface area contributed by atoms with Gasteiger partial charge in [0, 0.05) is 36.6 Å². The van der Waals surface area contributed by atoms with E-state index in [0.717, 1.165) is 11.1 Å². The molecule has 0 saturated heterocycles. The zero-order valence-corrected chi connectivity index (χ0v) is 13.3. The van der Waals surface area contributed by atoms with Crippen molar-refractivity contribution < 1.29 is 9.72 Å². The summed E-state index contributed by atoms with van der Waals surface area (Å²) in [4.78, 5) is 22.6. The molecule has 0 fully saturated rings. The normalized spacial score (nSPS) is 10.4. The second-order valence-corrected chi connectivity index (χ2v) is 5.46. The van der Waals surface area contributed by atoms with Crippen LogP contribution in [0, 0.1) is 10.1 Å². The molecular weight excluding hydrogens is 320 g/mol. The number of aromatic nitrogens is 2. The topological polar surface area (TPSA) is 90.1 Å². The molecule has 0 saturated carbocycles. The van der Waals surface area contributed by atoms with Crippen molar-refractivity contribution >= 4 is 11.6 Å². The molecule has 7 heteroatoms. The maximum Gasteiger partial charge on any atom is 0.270 e. The first kappa shape index (κ1) is 16.4. The number of carbonyl (C=O) groups is 1. The van der Waals surface area contributed by atoms with Gasteiger partial charge in [0.15, 0.2) is 0 Å². The van der Waals surface area contributed by atoms with E-state index in [2.05, 4.69) is 10.4 Å². The lowest BCUT2D eigenvalue weighted by molar-refractivity contribution is -0.384. The number of rotatable bonds is 6. The highest BCUT2D eigenvalue weighted by Gasteiger charge is 2.12. The third-order valence-corrected chi connectivity index (χ3v) is 3.77. The molecule has 0 aliphatic carbocycles. The number of nitrogens with zero attached hydrogens (tertiary/aromatic N) is 3. The molecule has 7 nitrogen and oxygen atoms in total. The predicted molar refractivity (Wildman–Crippen MR) is 92.0 cm³/mol. The molecule has 0 aliphatic rings. The quantitative estimate of drug-likeness (QED) is 0.553. The summed E-state index contributed by atoms with van der Waals surface area (Å²) in [5.74, 6) is -0.349. The molecule has 0 radical (unpaired) electrons. The first-order chi connectivity index (χ1) is 12.1. The van der Waals surface area contributed by atoms with Gasteiger partial charge in [-0.3, -0.25) is 19.6 Å². The van der Waals surface area contributed by atoms with Crippen LogP contribution in [0.2, 0.25) is 0 Å². The van der Waals surface area contributed by atoms with E-state index >= 15 is 0 Å². The summed E-state index contributed by atoms with van der Waals surface area (Å²) < 4.78 is 1.81. The summed E-state index contributed by atoms with van der Waals surface area (Å²) in [6, 6.07) is 15.3. The minimum atomic E-state index is -0.518. The van der Waals surface area contributed by atoms with E-state index in [4.69, 9.17) is 0 Å². The average Bonchev–Trinajstić information content (AvgIpc) is 3.14. The molecule has 1 N–H and O–H groups in total. The van der Waals surface area contributed by atoms with Gasteiger partial charge in [0.2, 0.25) is 0 Å². The molecule has 25 heavy (non-hydrogen) atoms. The highest BCUT2D eigenvalue weighted by Crippen LogP contribution is 2.14. The first-order valence-corrected chi connectivity index (χ1v) is 7.70. The van der Waals surface area contributed by atoms with Gasteiger partial charge in [-0.05, 0) is 23.3 Å².